The maximum atomic E-state index is 13.5. The van der Waals surface area contributed by atoms with Gasteiger partial charge >= 0.3 is 0 Å². The highest BCUT2D eigenvalue weighted by Gasteiger charge is 2.34. The van der Waals surface area contributed by atoms with Crippen molar-refractivity contribution in [2.24, 2.45) is 11.8 Å². The first kappa shape index (κ1) is 29.4. The molecule has 11 heteroatoms. The molecule has 0 radical (unpaired) electrons. The van der Waals surface area contributed by atoms with Crippen LogP contribution in [-0.2, 0) is 39.2 Å². The van der Waals surface area contributed by atoms with Gasteiger partial charge in [-0.25, -0.2) is 18.1 Å². The van der Waals surface area contributed by atoms with Gasteiger partial charge in [-0.05, 0) is 99.2 Å². The first-order valence-corrected chi connectivity index (χ1v) is 17.3. The van der Waals surface area contributed by atoms with Crippen molar-refractivity contribution < 1.29 is 22.7 Å². The van der Waals surface area contributed by atoms with Gasteiger partial charge in [0, 0.05) is 23.0 Å². The number of fused-ring (bicyclic) bond motifs is 5. The van der Waals surface area contributed by atoms with Crippen molar-refractivity contribution in [3.63, 3.8) is 0 Å². The number of amides is 1. The summed E-state index contributed by atoms with van der Waals surface area (Å²) < 4.78 is 41.9. The molecule has 42 heavy (non-hydrogen) atoms. The van der Waals surface area contributed by atoms with Crippen LogP contribution in [0.1, 0.15) is 65.2 Å². The second-order valence-corrected chi connectivity index (χ2v) is 14.9. The molecular formula is C31H36ClN3O5S2. The van der Waals surface area contributed by atoms with Gasteiger partial charge in [0.1, 0.15) is 17.4 Å². The Morgan fingerprint density at radius 2 is 1.90 bits per heavy atom. The van der Waals surface area contributed by atoms with Crippen molar-refractivity contribution in [2.75, 3.05) is 24.6 Å². The van der Waals surface area contributed by atoms with Gasteiger partial charge in [0.25, 0.3) is 10.0 Å². The van der Waals surface area contributed by atoms with Crippen LogP contribution in [0.4, 0.5) is 5.69 Å². The lowest BCUT2D eigenvalue weighted by Gasteiger charge is -2.41. The first-order valence-electron chi connectivity index (χ1n) is 14.6. The molecule has 1 unspecified atom stereocenters. The summed E-state index contributed by atoms with van der Waals surface area (Å²) in [5.74, 6) is 0.118. The third-order valence-electron chi connectivity index (χ3n) is 8.77. The topological polar surface area (TPSA) is 97.8 Å². The van der Waals surface area contributed by atoms with Crippen LogP contribution in [0.25, 0.3) is 0 Å². The zero-order valence-electron chi connectivity index (χ0n) is 23.9. The number of sulfonamides is 1. The van der Waals surface area contributed by atoms with E-state index in [4.69, 9.17) is 21.1 Å². The summed E-state index contributed by atoms with van der Waals surface area (Å²) in [5, 5.41) is 1.28. The molecule has 1 aliphatic carbocycles. The number of carbonyl (C=O) groups is 1. The van der Waals surface area contributed by atoms with E-state index in [1.807, 2.05) is 25.1 Å². The molecular weight excluding hydrogens is 594 g/mol. The smallest absolute Gasteiger partial charge is 0.264 e. The van der Waals surface area contributed by atoms with Crippen molar-refractivity contribution in [3.8, 4) is 5.75 Å². The third-order valence-corrected chi connectivity index (χ3v) is 11.5. The van der Waals surface area contributed by atoms with E-state index in [1.165, 1.54) is 23.0 Å². The van der Waals surface area contributed by atoms with Crippen molar-refractivity contribution in [3.05, 3.63) is 68.1 Å². The number of rotatable bonds is 0. The van der Waals surface area contributed by atoms with E-state index in [2.05, 4.69) is 14.6 Å². The van der Waals surface area contributed by atoms with E-state index < -0.39 is 21.8 Å². The molecule has 6 rings (SSSR count). The van der Waals surface area contributed by atoms with Crippen LogP contribution >= 0.6 is 22.9 Å². The zero-order valence-corrected chi connectivity index (χ0v) is 26.3. The zero-order chi connectivity index (χ0) is 29.4. The fraction of sp³-hybridized carbons (Fsp3) is 0.484. The van der Waals surface area contributed by atoms with Crippen LogP contribution in [0.2, 0.25) is 5.02 Å². The van der Waals surface area contributed by atoms with E-state index in [-0.39, 0.29) is 4.90 Å². The number of hydrogen-bond acceptors (Lipinski definition) is 8. The predicted octanol–water partition coefficient (Wildman–Crippen LogP) is 5.99. The van der Waals surface area contributed by atoms with Gasteiger partial charge in [0.15, 0.2) is 0 Å². The summed E-state index contributed by atoms with van der Waals surface area (Å²) in [4.78, 5) is 21.1. The molecule has 3 aliphatic rings. The number of ether oxygens (including phenoxy) is 2. The highest BCUT2D eigenvalue weighted by molar-refractivity contribution is 7.90. The summed E-state index contributed by atoms with van der Waals surface area (Å²) >= 11 is 7.71. The molecule has 1 fully saturated rings. The Balaban J connectivity index is 1.38. The molecule has 2 aliphatic heterocycles. The van der Waals surface area contributed by atoms with Crippen LogP contribution in [-0.4, -0.2) is 39.0 Å². The number of benzene rings is 2. The number of aromatic nitrogens is 1. The quantitative estimate of drug-likeness (QED) is 0.326. The summed E-state index contributed by atoms with van der Waals surface area (Å²) in [5.41, 5.74) is 3.78. The van der Waals surface area contributed by atoms with Crippen LogP contribution in [0.15, 0.2) is 41.3 Å². The minimum atomic E-state index is -4.14. The Labute approximate surface area is 256 Å². The van der Waals surface area contributed by atoms with Crippen LogP contribution in [0, 0.1) is 18.8 Å². The van der Waals surface area contributed by atoms with Gasteiger partial charge in [-0.3, -0.25) is 4.79 Å². The second-order valence-electron chi connectivity index (χ2n) is 11.6. The number of thiazole rings is 1. The maximum Gasteiger partial charge on any atom is 0.264 e. The molecule has 0 saturated heterocycles. The number of aryl methyl sites for hydroxylation is 2. The number of anilines is 1. The fourth-order valence-electron chi connectivity index (χ4n) is 5.93. The van der Waals surface area contributed by atoms with Crippen LogP contribution in [0.5, 0.6) is 5.75 Å². The van der Waals surface area contributed by atoms with E-state index in [0.717, 1.165) is 67.0 Å². The van der Waals surface area contributed by atoms with Crippen molar-refractivity contribution in [1.82, 2.24) is 9.71 Å². The lowest BCUT2D eigenvalue weighted by Crippen LogP contribution is -2.41. The van der Waals surface area contributed by atoms with Gasteiger partial charge in [-0.15, -0.1) is 11.3 Å². The van der Waals surface area contributed by atoms with Crippen LogP contribution in [0.3, 0.4) is 0 Å². The molecule has 1 amide bonds. The van der Waals surface area contributed by atoms with Crippen LogP contribution < -0.4 is 14.4 Å². The molecule has 1 N–H and O–H groups in total. The Morgan fingerprint density at radius 1 is 1.07 bits per heavy atom. The monoisotopic (exact) mass is 629 g/mol. The molecule has 2 aromatic carbocycles. The summed E-state index contributed by atoms with van der Waals surface area (Å²) in [6, 6.07) is 10.8. The molecule has 3 atom stereocenters. The molecule has 224 valence electrons. The second kappa shape index (κ2) is 12.1. The molecule has 3 aromatic rings. The average Bonchev–Trinajstić information content (AvgIpc) is 3.31. The molecule has 4 bridgehead atoms. The Morgan fingerprint density at radius 3 is 2.71 bits per heavy atom. The number of carbonyl (C=O) groups excluding carboxylic acids is 1. The molecule has 3 heterocycles. The predicted molar refractivity (Wildman–Crippen MR) is 164 cm³/mol. The summed E-state index contributed by atoms with van der Waals surface area (Å²) in [6.45, 7) is 6.54. The van der Waals surface area contributed by atoms with Gasteiger partial charge in [0.05, 0.1) is 35.4 Å². The molecule has 8 nitrogen and oxygen atoms in total. The van der Waals surface area contributed by atoms with E-state index >= 15 is 0 Å². The Kier molecular flexibility index (Phi) is 8.51. The van der Waals surface area contributed by atoms with E-state index in [1.54, 1.807) is 19.1 Å². The van der Waals surface area contributed by atoms with Crippen molar-refractivity contribution in [2.45, 2.75) is 70.0 Å². The first-order chi connectivity index (χ1) is 20.2. The van der Waals surface area contributed by atoms with Crippen molar-refractivity contribution in [1.29, 1.82) is 0 Å². The normalized spacial score (nSPS) is 24.5. The van der Waals surface area contributed by atoms with Gasteiger partial charge in [-0.1, -0.05) is 17.7 Å². The van der Waals surface area contributed by atoms with E-state index in [0.29, 0.717) is 47.4 Å². The highest BCUT2D eigenvalue weighted by Crippen LogP contribution is 2.40. The SMILES string of the molecule is Cc1sc2nc1COC[C@@H]1CC[C@H]1CN1CCCCc3cc(Cl)ccc3COc3ccc(cc31)S(=O)(=O)NC(=O)C2C. The maximum absolute atomic E-state index is 13.5. The van der Waals surface area contributed by atoms with Gasteiger partial charge in [-0.2, -0.15) is 0 Å². The van der Waals surface area contributed by atoms with E-state index in [9.17, 15) is 13.2 Å². The number of halogens is 1. The summed E-state index contributed by atoms with van der Waals surface area (Å²) in [6.07, 6.45) is 4.98. The minimum Gasteiger partial charge on any atom is -0.487 e. The lowest BCUT2D eigenvalue weighted by atomic mass is 9.73. The van der Waals surface area contributed by atoms with Crippen molar-refractivity contribution >= 4 is 44.6 Å². The van der Waals surface area contributed by atoms with Gasteiger partial charge in [0.2, 0.25) is 5.91 Å². The highest BCUT2D eigenvalue weighted by atomic mass is 35.5. The van der Waals surface area contributed by atoms with Gasteiger partial charge < -0.3 is 14.4 Å². The molecule has 1 saturated carbocycles. The Hall–Kier alpha value is -2.66. The Bertz CT molecular complexity index is 1590. The fourth-order valence-corrected chi connectivity index (χ4v) is 8.18. The molecule has 1 aromatic heterocycles. The third kappa shape index (κ3) is 6.18. The minimum absolute atomic E-state index is 0.0336. The summed E-state index contributed by atoms with van der Waals surface area (Å²) in [7, 11) is -4.14. The largest absolute Gasteiger partial charge is 0.487 e. The molecule has 0 spiro atoms. The lowest BCUT2D eigenvalue weighted by molar-refractivity contribution is -0.120. The number of hydrogen-bond donors (Lipinski definition) is 1. The number of nitrogens with one attached hydrogen (secondary N) is 1. The standard InChI is InChI=1S/C31H36ClN3O5S2/c1-19-30(36)34-42(37,38)26-10-11-29-28(14-26)35(12-4-3-5-21-13-25(32)9-8-24(21)17-40-29)15-22-6-7-23(22)16-39-18-27-20(2)41-31(19)33-27/h8-11,13-14,19,22-23H,3-7,12,15-18H2,1-2H3,(H,34,36)/t19?,22-,23-/m0/s1. The average molecular weight is 630 g/mol. The number of nitrogens with zero attached hydrogens (tertiary/aromatic N) is 2.